The van der Waals surface area contributed by atoms with Gasteiger partial charge in [-0.1, -0.05) is 11.6 Å². The van der Waals surface area contributed by atoms with Gasteiger partial charge in [-0.2, -0.15) is 0 Å². The molecule has 1 aliphatic rings. The molecule has 0 spiro atoms. The highest BCUT2D eigenvalue weighted by atomic mass is 35.5. The summed E-state index contributed by atoms with van der Waals surface area (Å²) in [5.74, 6) is 0. The minimum atomic E-state index is -0.418. The lowest BCUT2D eigenvalue weighted by Gasteiger charge is -2.41. The van der Waals surface area contributed by atoms with Crippen LogP contribution in [0.5, 0.6) is 0 Å². The van der Waals surface area contributed by atoms with Crippen LogP contribution in [-0.2, 0) is 0 Å². The van der Waals surface area contributed by atoms with Crippen molar-refractivity contribution in [3.8, 4) is 0 Å². The monoisotopic (exact) mass is 268 g/mol. The van der Waals surface area contributed by atoms with E-state index in [-0.39, 0.29) is 5.69 Å². The molecule has 1 aromatic carbocycles. The Labute approximate surface area is 112 Å². The Morgan fingerprint density at radius 2 is 1.94 bits per heavy atom. The molecule has 1 fully saturated rings. The number of hydrogen-bond donors (Lipinski definition) is 0. The van der Waals surface area contributed by atoms with E-state index in [2.05, 4.69) is 18.7 Å². The summed E-state index contributed by atoms with van der Waals surface area (Å²) in [5.41, 5.74) is 0.947. The van der Waals surface area contributed by atoms with E-state index < -0.39 is 4.92 Å². The summed E-state index contributed by atoms with van der Waals surface area (Å²) in [5, 5.41) is 11.2. The summed E-state index contributed by atoms with van der Waals surface area (Å²) in [4.78, 5) is 12.6. The summed E-state index contributed by atoms with van der Waals surface area (Å²) in [6.07, 6.45) is 3.50. The van der Waals surface area contributed by atoms with Gasteiger partial charge in [0.05, 0.1) is 15.6 Å². The van der Waals surface area contributed by atoms with Gasteiger partial charge in [0, 0.05) is 24.2 Å². The molecule has 0 saturated carbocycles. The SMILES string of the molecule is C[C@H]1CCC[C@H](C)N1c1ccc([N+](=O)[O-])cc1Cl. The number of nitro benzene ring substituents is 1. The van der Waals surface area contributed by atoms with Gasteiger partial charge in [-0.05, 0) is 39.2 Å². The van der Waals surface area contributed by atoms with Crippen LogP contribution in [0.1, 0.15) is 33.1 Å². The van der Waals surface area contributed by atoms with Gasteiger partial charge >= 0.3 is 0 Å². The fourth-order valence-corrected chi connectivity index (χ4v) is 2.99. The van der Waals surface area contributed by atoms with Gasteiger partial charge in [-0.3, -0.25) is 10.1 Å². The molecule has 0 unspecified atom stereocenters. The summed E-state index contributed by atoms with van der Waals surface area (Å²) >= 11 is 6.19. The van der Waals surface area contributed by atoms with E-state index in [0.717, 1.165) is 18.5 Å². The zero-order valence-electron chi connectivity index (χ0n) is 10.6. The molecule has 0 amide bonds. The number of nitro groups is 1. The van der Waals surface area contributed by atoms with Gasteiger partial charge in [-0.15, -0.1) is 0 Å². The van der Waals surface area contributed by atoms with E-state index >= 15 is 0 Å². The molecular formula is C13H17ClN2O2. The number of non-ortho nitro benzene ring substituents is 1. The second-order valence-electron chi connectivity index (χ2n) is 4.93. The van der Waals surface area contributed by atoms with E-state index in [1.807, 2.05) is 0 Å². The number of anilines is 1. The van der Waals surface area contributed by atoms with Crippen molar-refractivity contribution in [2.24, 2.45) is 0 Å². The second kappa shape index (κ2) is 5.14. The third kappa shape index (κ3) is 2.43. The lowest BCUT2D eigenvalue weighted by atomic mass is 9.96. The predicted octanol–water partition coefficient (Wildman–Crippen LogP) is 4.02. The minimum Gasteiger partial charge on any atom is -0.365 e. The predicted molar refractivity (Wildman–Crippen MR) is 73.4 cm³/mol. The molecule has 1 heterocycles. The molecule has 98 valence electrons. The maximum absolute atomic E-state index is 10.7. The van der Waals surface area contributed by atoms with Crippen molar-refractivity contribution in [3.05, 3.63) is 33.3 Å². The van der Waals surface area contributed by atoms with Gasteiger partial charge in [0.25, 0.3) is 5.69 Å². The standard InChI is InChI=1S/C13H17ClN2O2/c1-9-4-3-5-10(2)15(9)13-7-6-11(16(17)18)8-12(13)14/h6-10H,3-5H2,1-2H3/t9-,10-/m0/s1. The van der Waals surface area contributed by atoms with Crippen LogP contribution in [0.25, 0.3) is 0 Å². The van der Waals surface area contributed by atoms with Gasteiger partial charge in [0.15, 0.2) is 0 Å². The molecule has 1 aliphatic heterocycles. The summed E-state index contributed by atoms with van der Waals surface area (Å²) in [7, 11) is 0. The Balaban J connectivity index is 2.35. The van der Waals surface area contributed by atoms with Crippen molar-refractivity contribution in [1.82, 2.24) is 0 Å². The van der Waals surface area contributed by atoms with Crippen molar-refractivity contribution < 1.29 is 4.92 Å². The van der Waals surface area contributed by atoms with E-state index in [1.165, 1.54) is 18.6 Å². The van der Waals surface area contributed by atoms with Crippen LogP contribution in [0.4, 0.5) is 11.4 Å². The first-order valence-corrected chi connectivity index (χ1v) is 6.60. The summed E-state index contributed by atoms with van der Waals surface area (Å²) in [6.45, 7) is 4.35. The number of rotatable bonds is 2. The highest BCUT2D eigenvalue weighted by Crippen LogP contribution is 2.35. The first kappa shape index (κ1) is 13.1. The fourth-order valence-electron chi connectivity index (χ4n) is 2.71. The zero-order valence-corrected chi connectivity index (χ0v) is 11.4. The molecule has 0 bridgehead atoms. The van der Waals surface area contributed by atoms with Crippen LogP contribution in [0.3, 0.4) is 0 Å². The van der Waals surface area contributed by atoms with Crippen LogP contribution in [0.2, 0.25) is 5.02 Å². The van der Waals surface area contributed by atoms with Crippen molar-refractivity contribution in [3.63, 3.8) is 0 Å². The quantitative estimate of drug-likeness (QED) is 0.601. The molecule has 0 radical (unpaired) electrons. The number of halogens is 1. The molecule has 0 aliphatic carbocycles. The van der Waals surface area contributed by atoms with Gasteiger partial charge < -0.3 is 4.90 Å². The van der Waals surface area contributed by atoms with Gasteiger partial charge in [0.1, 0.15) is 0 Å². The number of hydrogen-bond acceptors (Lipinski definition) is 3. The Kier molecular flexibility index (Phi) is 3.76. The molecule has 18 heavy (non-hydrogen) atoms. The van der Waals surface area contributed by atoms with E-state index in [4.69, 9.17) is 11.6 Å². The third-order valence-corrected chi connectivity index (χ3v) is 3.92. The second-order valence-corrected chi connectivity index (χ2v) is 5.34. The van der Waals surface area contributed by atoms with Crippen molar-refractivity contribution in [2.75, 3.05) is 4.90 Å². The molecule has 1 saturated heterocycles. The zero-order chi connectivity index (χ0) is 13.3. The van der Waals surface area contributed by atoms with Crippen molar-refractivity contribution in [2.45, 2.75) is 45.2 Å². The summed E-state index contributed by atoms with van der Waals surface area (Å²) in [6, 6.07) is 5.57. The summed E-state index contributed by atoms with van der Waals surface area (Å²) < 4.78 is 0. The van der Waals surface area contributed by atoms with Crippen molar-refractivity contribution >= 4 is 23.0 Å². The van der Waals surface area contributed by atoms with Crippen LogP contribution >= 0.6 is 11.6 Å². The van der Waals surface area contributed by atoms with Crippen LogP contribution < -0.4 is 4.90 Å². The first-order valence-electron chi connectivity index (χ1n) is 6.23. The molecule has 1 aromatic rings. The third-order valence-electron chi connectivity index (χ3n) is 3.61. The highest BCUT2D eigenvalue weighted by molar-refractivity contribution is 6.33. The molecular weight excluding hydrogens is 252 g/mol. The number of nitrogens with zero attached hydrogens (tertiary/aromatic N) is 2. The Morgan fingerprint density at radius 1 is 1.33 bits per heavy atom. The molecule has 2 rings (SSSR count). The van der Waals surface area contributed by atoms with Gasteiger partial charge in [-0.25, -0.2) is 0 Å². The number of piperidine rings is 1. The van der Waals surface area contributed by atoms with Crippen LogP contribution in [0, 0.1) is 10.1 Å². The maximum atomic E-state index is 10.7. The lowest BCUT2D eigenvalue weighted by molar-refractivity contribution is -0.384. The van der Waals surface area contributed by atoms with Crippen LogP contribution in [-0.4, -0.2) is 17.0 Å². The fraction of sp³-hybridized carbons (Fsp3) is 0.538. The first-order chi connectivity index (χ1) is 8.50. The topological polar surface area (TPSA) is 46.4 Å². The Morgan fingerprint density at radius 3 is 2.44 bits per heavy atom. The highest BCUT2D eigenvalue weighted by Gasteiger charge is 2.27. The van der Waals surface area contributed by atoms with E-state index in [0.29, 0.717) is 17.1 Å². The molecule has 5 heteroatoms. The maximum Gasteiger partial charge on any atom is 0.271 e. The molecule has 0 N–H and O–H groups in total. The molecule has 4 nitrogen and oxygen atoms in total. The Bertz CT molecular complexity index is 454. The Hall–Kier alpha value is -1.29. The lowest BCUT2D eigenvalue weighted by Crippen LogP contribution is -2.43. The van der Waals surface area contributed by atoms with E-state index in [9.17, 15) is 10.1 Å². The van der Waals surface area contributed by atoms with E-state index in [1.54, 1.807) is 6.07 Å². The van der Waals surface area contributed by atoms with Crippen molar-refractivity contribution in [1.29, 1.82) is 0 Å². The molecule has 0 aromatic heterocycles. The average Bonchev–Trinajstić information content (AvgIpc) is 2.30. The molecule has 2 atom stereocenters. The number of benzene rings is 1. The normalized spacial score (nSPS) is 24.1. The average molecular weight is 269 g/mol. The van der Waals surface area contributed by atoms with Crippen LogP contribution in [0.15, 0.2) is 18.2 Å². The largest absolute Gasteiger partial charge is 0.365 e. The smallest absolute Gasteiger partial charge is 0.271 e. The minimum absolute atomic E-state index is 0.0427. The van der Waals surface area contributed by atoms with Gasteiger partial charge in [0.2, 0.25) is 0 Å².